The van der Waals surface area contributed by atoms with Gasteiger partial charge in [-0.05, 0) is 44.5 Å². The van der Waals surface area contributed by atoms with Gasteiger partial charge < -0.3 is 40.2 Å². The SMILES string of the molecule is C[C@H](CC(=O)CCN1C(=O)C=CC1=O)C(=O)NCCC(=O)Nc1cc(/C=C/COC(=O)C(C)(C)C)ccc1O[C@@H]1OC[C@@H](O)[C@H](O)[C@H]1O. The van der Waals surface area contributed by atoms with Crippen LogP contribution >= 0.6 is 0 Å². The van der Waals surface area contributed by atoms with Crippen LogP contribution in [-0.4, -0.2) is 107 Å². The topological polar surface area (TPSA) is 218 Å². The Morgan fingerprint density at radius 1 is 1.06 bits per heavy atom. The highest BCUT2D eigenvalue weighted by Gasteiger charge is 2.39. The summed E-state index contributed by atoms with van der Waals surface area (Å²) in [5, 5.41) is 35.4. The summed E-state index contributed by atoms with van der Waals surface area (Å²) in [5.74, 6) is -3.27. The number of carbonyl (C=O) groups is 6. The molecular weight excluding hydrogens is 630 g/mol. The Morgan fingerprint density at radius 3 is 2.42 bits per heavy atom. The van der Waals surface area contributed by atoms with Crippen molar-refractivity contribution in [3.63, 3.8) is 0 Å². The fraction of sp³-hybridized carbons (Fsp3) is 0.515. The van der Waals surface area contributed by atoms with Gasteiger partial charge in [-0.3, -0.25) is 33.7 Å². The van der Waals surface area contributed by atoms with E-state index in [1.165, 1.54) is 6.07 Å². The Bertz CT molecular complexity index is 1420. The second kappa shape index (κ2) is 17.1. The van der Waals surface area contributed by atoms with Crippen molar-refractivity contribution in [3.8, 4) is 5.75 Å². The highest BCUT2D eigenvalue weighted by Crippen LogP contribution is 2.30. The number of aliphatic hydroxyl groups excluding tert-OH is 3. The van der Waals surface area contributed by atoms with Crippen molar-refractivity contribution in [1.29, 1.82) is 0 Å². The summed E-state index contributed by atoms with van der Waals surface area (Å²) in [7, 11) is 0. The van der Waals surface area contributed by atoms with E-state index in [1.807, 2.05) is 0 Å². The van der Waals surface area contributed by atoms with Gasteiger partial charge in [0.25, 0.3) is 11.8 Å². The number of hydrogen-bond acceptors (Lipinski definition) is 12. The van der Waals surface area contributed by atoms with E-state index in [0.717, 1.165) is 17.1 Å². The van der Waals surface area contributed by atoms with Gasteiger partial charge in [-0.2, -0.15) is 0 Å². The normalized spacial score (nSPS) is 21.7. The van der Waals surface area contributed by atoms with E-state index in [-0.39, 0.29) is 68.8 Å². The molecule has 0 aromatic heterocycles. The zero-order valence-corrected chi connectivity index (χ0v) is 27.3. The third-order valence-corrected chi connectivity index (χ3v) is 7.36. The largest absolute Gasteiger partial charge is 0.461 e. The molecule has 2 aliphatic rings. The van der Waals surface area contributed by atoms with Crippen molar-refractivity contribution in [3.05, 3.63) is 42.0 Å². The average Bonchev–Trinajstić information content (AvgIpc) is 3.34. The highest BCUT2D eigenvalue weighted by atomic mass is 16.7. The number of anilines is 1. The molecule has 0 radical (unpaired) electrons. The molecule has 0 saturated carbocycles. The number of imide groups is 1. The van der Waals surface area contributed by atoms with E-state index >= 15 is 0 Å². The fourth-order valence-corrected chi connectivity index (χ4v) is 4.49. The number of aliphatic hydroxyl groups is 3. The third kappa shape index (κ3) is 11.1. The van der Waals surface area contributed by atoms with Crippen LogP contribution in [0.25, 0.3) is 6.08 Å². The van der Waals surface area contributed by atoms with E-state index < -0.39 is 59.6 Å². The molecule has 1 aromatic carbocycles. The van der Waals surface area contributed by atoms with Gasteiger partial charge in [0.2, 0.25) is 18.1 Å². The lowest BCUT2D eigenvalue weighted by Crippen LogP contribution is -2.54. The Balaban J connectivity index is 1.57. The first kappa shape index (κ1) is 38.0. The molecule has 3 rings (SSSR count). The van der Waals surface area contributed by atoms with Gasteiger partial charge in [0.15, 0.2) is 0 Å². The first-order valence-corrected chi connectivity index (χ1v) is 15.5. The van der Waals surface area contributed by atoms with Crippen molar-refractivity contribution in [2.45, 2.75) is 71.6 Å². The van der Waals surface area contributed by atoms with E-state index in [0.29, 0.717) is 5.56 Å². The maximum absolute atomic E-state index is 12.9. The molecule has 1 saturated heterocycles. The average molecular weight is 674 g/mol. The van der Waals surface area contributed by atoms with E-state index in [9.17, 15) is 44.1 Å². The molecule has 0 aliphatic carbocycles. The molecule has 4 amide bonds. The number of nitrogens with zero attached hydrogens (tertiary/aromatic N) is 1. The molecule has 0 bridgehead atoms. The Labute approximate surface area is 277 Å². The van der Waals surface area contributed by atoms with Gasteiger partial charge in [0.1, 0.15) is 36.5 Å². The number of ketones is 1. The van der Waals surface area contributed by atoms with E-state index in [1.54, 1.807) is 52.0 Å². The number of ether oxygens (including phenoxy) is 3. The zero-order chi connectivity index (χ0) is 35.6. The minimum atomic E-state index is -1.58. The lowest BCUT2D eigenvalue weighted by atomic mass is 9.97. The van der Waals surface area contributed by atoms with Gasteiger partial charge in [-0.25, -0.2) is 0 Å². The van der Waals surface area contributed by atoms with Gasteiger partial charge in [-0.15, -0.1) is 0 Å². The number of rotatable bonds is 15. The number of nitrogens with one attached hydrogen (secondary N) is 2. The molecular formula is C33H43N3O12. The van der Waals surface area contributed by atoms with Crippen LogP contribution < -0.4 is 15.4 Å². The number of carbonyl (C=O) groups excluding carboxylic acids is 6. The lowest BCUT2D eigenvalue weighted by molar-refractivity contribution is -0.241. The van der Waals surface area contributed by atoms with Crippen LogP contribution in [0.2, 0.25) is 0 Å². The van der Waals surface area contributed by atoms with Crippen molar-refractivity contribution in [2.24, 2.45) is 11.3 Å². The number of Topliss-reactive ketones (excluding diaryl/α,β-unsaturated/α-hetero) is 1. The Hall–Kier alpha value is -4.44. The van der Waals surface area contributed by atoms with Crippen LogP contribution in [0.5, 0.6) is 5.75 Å². The molecule has 48 heavy (non-hydrogen) atoms. The third-order valence-electron chi connectivity index (χ3n) is 7.36. The lowest BCUT2D eigenvalue weighted by Gasteiger charge is -2.35. The second-order valence-electron chi connectivity index (χ2n) is 12.5. The number of esters is 1. The van der Waals surface area contributed by atoms with Crippen molar-refractivity contribution < 1.29 is 58.3 Å². The van der Waals surface area contributed by atoms with E-state index in [4.69, 9.17) is 14.2 Å². The highest BCUT2D eigenvalue weighted by molar-refractivity contribution is 6.13. The molecule has 15 nitrogen and oxygen atoms in total. The summed E-state index contributed by atoms with van der Waals surface area (Å²) < 4.78 is 16.3. The molecule has 15 heteroatoms. The summed E-state index contributed by atoms with van der Waals surface area (Å²) in [6.45, 7) is 6.34. The second-order valence-corrected chi connectivity index (χ2v) is 12.5. The van der Waals surface area contributed by atoms with Crippen molar-refractivity contribution in [1.82, 2.24) is 10.2 Å². The predicted octanol–water partition coefficient (Wildman–Crippen LogP) is 0.462. The van der Waals surface area contributed by atoms with Crippen LogP contribution in [0.4, 0.5) is 5.69 Å². The minimum Gasteiger partial charge on any atom is -0.461 e. The molecule has 2 heterocycles. The van der Waals surface area contributed by atoms with Gasteiger partial charge >= 0.3 is 5.97 Å². The molecule has 0 unspecified atom stereocenters. The summed E-state index contributed by atoms with van der Waals surface area (Å²) in [5.41, 5.74) is 0.0951. The molecule has 0 spiro atoms. The van der Waals surface area contributed by atoms with Crippen LogP contribution in [0, 0.1) is 11.3 Å². The quantitative estimate of drug-likeness (QED) is 0.127. The summed E-state index contributed by atoms with van der Waals surface area (Å²) in [4.78, 5) is 74.0. The smallest absolute Gasteiger partial charge is 0.311 e. The van der Waals surface area contributed by atoms with Gasteiger partial charge in [0, 0.05) is 50.4 Å². The van der Waals surface area contributed by atoms with Gasteiger partial charge in [-0.1, -0.05) is 19.1 Å². The number of benzene rings is 1. The standard InChI is InChI=1S/C33H43N3O12/c1-19(16-21(37)12-14-36-26(40)9-10-27(36)41)30(44)34-13-11-25(39)35-22-17-20(6-5-15-46-32(45)33(2,3)4)7-8-24(22)48-31-29(43)28(42)23(38)18-47-31/h5-10,17,19,23,28-29,31,38,42-43H,11-16,18H2,1-4H3,(H,34,44)(H,35,39)/b6-5+/t19-,23-,28+,29-,31+/m1/s1. The van der Waals surface area contributed by atoms with Crippen LogP contribution in [0.15, 0.2) is 36.4 Å². The van der Waals surface area contributed by atoms with E-state index in [2.05, 4.69) is 10.6 Å². The molecule has 5 N–H and O–H groups in total. The Kier molecular flexibility index (Phi) is 13.5. The zero-order valence-electron chi connectivity index (χ0n) is 27.3. The van der Waals surface area contributed by atoms with Crippen molar-refractivity contribution in [2.75, 3.05) is 31.6 Å². The van der Waals surface area contributed by atoms with Crippen LogP contribution in [0.1, 0.15) is 52.5 Å². The number of hydrogen-bond donors (Lipinski definition) is 5. The monoisotopic (exact) mass is 673 g/mol. The number of amides is 4. The molecule has 1 fully saturated rings. The minimum absolute atomic E-state index is 0.0113. The molecule has 5 atom stereocenters. The molecule has 2 aliphatic heterocycles. The first-order valence-electron chi connectivity index (χ1n) is 15.5. The predicted molar refractivity (Wildman–Crippen MR) is 170 cm³/mol. The molecule has 262 valence electrons. The molecule has 1 aromatic rings. The summed E-state index contributed by atoms with van der Waals surface area (Å²) in [6.07, 6.45) is -0.588. The van der Waals surface area contributed by atoms with Gasteiger partial charge in [0.05, 0.1) is 17.7 Å². The summed E-state index contributed by atoms with van der Waals surface area (Å²) >= 11 is 0. The van der Waals surface area contributed by atoms with Crippen molar-refractivity contribution >= 4 is 47.1 Å². The fourth-order valence-electron chi connectivity index (χ4n) is 4.49. The Morgan fingerprint density at radius 2 is 1.75 bits per heavy atom. The van der Waals surface area contributed by atoms with Crippen LogP contribution in [0.3, 0.4) is 0 Å². The maximum atomic E-state index is 12.9. The first-order chi connectivity index (χ1) is 22.6. The maximum Gasteiger partial charge on any atom is 0.311 e. The summed E-state index contributed by atoms with van der Waals surface area (Å²) in [6, 6.07) is 4.69. The van der Waals surface area contributed by atoms with Crippen LogP contribution in [-0.2, 0) is 38.2 Å².